The van der Waals surface area contributed by atoms with Gasteiger partial charge in [-0.3, -0.25) is 14.4 Å². The van der Waals surface area contributed by atoms with Crippen molar-refractivity contribution >= 4 is 35.1 Å². The number of anilines is 1. The van der Waals surface area contributed by atoms with Crippen molar-refractivity contribution < 1.29 is 19.5 Å². The summed E-state index contributed by atoms with van der Waals surface area (Å²) in [6, 6.07) is 4.19. The molecule has 0 aliphatic rings. The summed E-state index contributed by atoms with van der Waals surface area (Å²) >= 11 is 6.01. The van der Waals surface area contributed by atoms with E-state index in [0.29, 0.717) is 5.69 Å². The summed E-state index contributed by atoms with van der Waals surface area (Å²) in [7, 11) is 0. The monoisotopic (exact) mass is 312 g/mol. The average Bonchev–Trinajstić information content (AvgIpc) is 2.36. The fourth-order valence-corrected chi connectivity index (χ4v) is 1.96. The first-order chi connectivity index (χ1) is 9.72. The first-order valence-corrected chi connectivity index (χ1v) is 6.70. The zero-order valence-corrected chi connectivity index (χ0v) is 12.8. The first kappa shape index (κ1) is 17.0. The van der Waals surface area contributed by atoms with Gasteiger partial charge in [0.2, 0.25) is 5.91 Å². The largest absolute Gasteiger partial charge is 0.480 e. The van der Waals surface area contributed by atoms with Crippen LogP contribution in [0, 0.1) is 0 Å². The number of rotatable bonds is 5. The summed E-state index contributed by atoms with van der Waals surface area (Å²) in [5.74, 6) is -1.88. The van der Waals surface area contributed by atoms with Gasteiger partial charge in [0.1, 0.15) is 6.54 Å². The lowest BCUT2D eigenvalue weighted by molar-refractivity contribution is -0.138. The van der Waals surface area contributed by atoms with Crippen molar-refractivity contribution in [2.45, 2.75) is 26.8 Å². The highest BCUT2D eigenvalue weighted by Gasteiger charge is 2.23. The van der Waals surface area contributed by atoms with Gasteiger partial charge in [0.25, 0.3) is 5.91 Å². The molecule has 0 aromatic heterocycles. The molecule has 0 spiro atoms. The van der Waals surface area contributed by atoms with Crippen LogP contribution in [0.5, 0.6) is 0 Å². The van der Waals surface area contributed by atoms with Gasteiger partial charge in [-0.25, -0.2) is 0 Å². The third kappa shape index (κ3) is 4.75. The maximum absolute atomic E-state index is 12.4. The maximum atomic E-state index is 12.4. The molecular formula is C14H17ClN2O4. The molecule has 0 fully saturated rings. The predicted octanol–water partition coefficient (Wildman–Crippen LogP) is 2.23. The van der Waals surface area contributed by atoms with E-state index in [9.17, 15) is 14.4 Å². The van der Waals surface area contributed by atoms with E-state index in [2.05, 4.69) is 5.32 Å². The van der Waals surface area contributed by atoms with Crippen LogP contribution in [0.25, 0.3) is 0 Å². The second-order valence-corrected chi connectivity index (χ2v) is 5.20. The molecule has 1 aromatic rings. The number of halogens is 1. The van der Waals surface area contributed by atoms with E-state index in [1.54, 1.807) is 19.9 Å². The smallest absolute Gasteiger partial charge is 0.323 e. The minimum absolute atomic E-state index is 0.151. The quantitative estimate of drug-likeness (QED) is 0.873. The molecule has 6 nitrogen and oxygen atoms in total. The van der Waals surface area contributed by atoms with E-state index in [0.717, 1.165) is 0 Å². The highest BCUT2D eigenvalue weighted by Crippen LogP contribution is 2.23. The minimum atomic E-state index is -1.11. The van der Waals surface area contributed by atoms with Gasteiger partial charge in [0.05, 0.1) is 10.6 Å². The molecule has 2 amide bonds. The van der Waals surface area contributed by atoms with Crippen LogP contribution in [0.1, 0.15) is 31.1 Å². The molecule has 114 valence electrons. The fraction of sp³-hybridized carbons (Fsp3) is 0.357. The molecule has 0 aliphatic carbocycles. The SMILES string of the molecule is CC(=O)Nc1ccc(Cl)c(C(=O)N(CC(=O)O)C(C)C)c1. The van der Waals surface area contributed by atoms with Crippen LogP contribution in [-0.2, 0) is 9.59 Å². The van der Waals surface area contributed by atoms with Crippen LogP contribution in [0.4, 0.5) is 5.69 Å². The second kappa shape index (κ2) is 7.08. The number of aliphatic carboxylic acids is 1. The zero-order valence-electron chi connectivity index (χ0n) is 12.0. The Balaban J connectivity index is 3.14. The number of benzene rings is 1. The third-order valence-electron chi connectivity index (χ3n) is 2.71. The van der Waals surface area contributed by atoms with Gasteiger partial charge in [-0.2, -0.15) is 0 Å². The van der Waals surface area contributed by atoms with Crippen LogP contribution in [0.15, 0.2) is 18.2 Å². The average molecular weight is 313 g/mol. The van der Waals surface area contributed by atoms with E-state index in [1.165, 1.54) is 24.0 Å². The number of carboxylic acid groups (broad SMARTS) is 1. The number of carbonyl (C=O) groups excluding carboxylic acids is 2. The Bertz CT molecular complexity index is 572. The van der Waals surface area contributed by atoms with Crippen molar-refractivity contribution in [2.75, 3.05) is 11.9 Å². The molecule has 21 heavy (non-hydrogen) atoms. The molecule has 0 saturated carbocycles. The molecule has 1 aromatic carbocycles. The topological polar surface area (TPSA) is 86.7 Å². The Morgan fingerprint density at radius 1 is 1.33 bits per heavy atom. The van der Waals surface area contributed by atoms with Crippen molar-refractivity contribution in [3.8, 4) is 0 Å². The van der Waals surface area contributed by atoms with Gasteiger partial charge >= 0.3 is 5.97 Å². The summed E-state index contributed by atoms with van der Waals surface area (Å²) in [4.78, 5) is 35.6. The van der Waals surface area contributed by atoms with Gasteiger partial charge < -0.3 is 15.3 Å². The normalized spacial score (nSPS) is 10.3. The number of carboxylic acids is 1. The molecule has 2 N–H and O–H groups in total. The van der Waals surface area contributed by atoms with Crippen molar-refractivity contribution in [3.05, 3.63) is 28.8 Å². The van der Waals surface area contributed by atoms with Crippen LogP contribution in [-0.4, -0.2) is 40.4 Å². The minimum Gasteiger partial charge on any atom is -0.480 e. The Labute approximate surface area is 127 Å². The van der Waals surface area contributed by atoms with E-state index < -0.39 is 18.4 Å². The van der Waals surface area contributed by atoms with E-state index in [4.69, 9.17) is 16.7 Å². The number of carbonyl (C=O) groups is 3. The van der Waals surface area contributed by atoms with E-state index >= 15 is 0 Å². The van der Waals surface area contributed by atoms with Crippen LogP contribution >= 0.6 is 11.6 Å². The van der Waals surface area contributed by atoms with Crippen molar-refractivity contribution in [1.29, 1.82) is 0 Å². The molecule has 7 heteroatoms. The second-order valence-electron chi connectivity index (χ2n) is 4.80. The van der Waals surface area contributed by atoms with Gasteiger partial charge in [-0.05, 0) is 32.0 Å². The van der Waals surface area contributed by atoms with Crippen LogP contribution < -0.4 is 5.32 Å². The predicted molar refractivity (Wildman–Crippen MR) is 79.6 cm³/mol. The number of nitrogens with one attached hydrogen (secondary N) is 1. The van der Waals surface area contributed by atoms with E-state index in [1.807, 2.05) is 0 Å². The fourth-order valence-electron chi connectivity index (χ4n) is 1.76. The zero-order chi connectivity index (χ0) is 16.2. The lowest BCUT2D eigenvalue weighted by Crippen LogP contribution is -2.40. The lowest BCUT2D eigenvalue weighted by atomic mass is 10.1. The maximum Gasteiger partial charge on any atom is 0.323 e. The van der Waals surface area contributed by atoms with E-state index in [-0.39, 0.29) is 22.5 Å². The molecule has 0 atom stereocenters. The molecule has 1 rings (SSSR count). The highest BCUT2D eigenvalue weighted by atomic mass is 35.5. The van der Waals surface area contributed by atoms with Crippen molar-refractivity contribution in [2.24, 2.45) is 0 Å². The number of hydrogen-bond donors (Lipinski definition) is 2. The van der Waals surface area contributed by atoms with Crippen LogP contribution in [0.2, 0.25) is 5.02 Å². The number of hydrogen-bond acceptors (Lipinski definition) is 3. The summed E-state index contributed by atoms with van der Waals surface area (Å²) in [6.45, 7) is 4.36. The van der Waals surface area contributed by atoms with Gasteiger partial charge in [0, 0.05) is 18.7 Å². The molecule has 0 radical (unpaired) electrons. The summed E-state index contributed by atoms with van der Waals surface area (Å²) < 4.78 is 0. The summed E-state index contributed by atoms with van der Waals surface area (Å²) in [5, 5.41) is 11.6. The molecule has 0 heterocycles. The van der Waals surface area contributed by atoms with Gasteiger partial charge in [0.15, 0.2) is 0 Å². The molecule has 0 bridgehead atoms. The molecule has 0 saturated heterocycles. The van der Waals surface area contributed by atoms with Crippen LogP contribution in [0.3, 0.4) is 0 Å². The Hall–Kier alpha value is -2.08. The van der Waals surface area contributed by atoms with Crippen molar-refractivity contribution in [3.63, 3.8) is 0 Å². The number of nitrogens with zero attached hydrogens (tertiary/aromatic N) is 1. The third-order valence-corrected chi connectivity index (χ3v) is 3.04. The Morgan fingerprint density at radius 3 is 2.43 bits per heavy atom. The molecule has 0 aliphatic heterocycles. The number of amides is 2. The molecule has 0 unspecified atom stereocenters. The van der Waals surface area contributed by atoms with Crippen molar-refractivity contribution in [1.82, 2.24) is 4.90 Å². The Morgan fingerprint density at radius 2 is 1.95 bits per heavy atom. The van der Waals surface area contributed by atoms with Gasteiger partial charge in [-0.1, -0.05) is 11.6 Å². The summed E-state index contributed by atoms with van der Waals surface area (Å²) in [6.07, 6.45) is 0. The first-order valence-electron chi connectivity index (χ1n) is 6.32. The molecular weight excluding hydrogens is 296 g/mol. The Kier molecular flexibility index (Phi) is 5.72. The highest BCUT2D eigenvalue weighted by molar-refractivity contribution is 6.34. The van der Waals surface area contributed by atoms with Gasteiger partial charge in [-0.15, -0.1) is 0 Å². The lowest BCUT2D eigenvalue weighted by Gasteiger charge is -2.25. The standard InChI is InChI=1S/C14H17ClN2O4/c1-8(2)17(7-13(19)20)14(21)11-6-10(16-9(3)18)4-5-12(11)15/h4-6,8H,7H2,1-3H3,(H,16,18)(H,19,20). The summed E-state index contributed by atoms with van der Waals surface area (Å²) in [5.41, 5.74) is 0.576.